The van der Waals surface area contributed by atoms with Crippen molar-refractivity contribution in [1.29, 1.82) is 0 Å². The number of ether oxygens (including phenoxy) is 3. The summed E-state index contributed by atoms with van der Waals surface area (Å²) >= 11 is 0. The number of para-hydroxylation sites is 1. The Hall–Kier alpha value is -3.38. The molecule has 0 aliphatic carbocycles. The van der Waals surface area contributed by atoms with E-state index in [1.54, 1.807) is 18.3 Å². The summed E-state index contributed by atoms with van der Waals surface area (Å²) in [6, 6.07) is 21.1. The minimum Gasteiger partial charge on any atom is -0.479 e. The van der Waals surface area contributed by atoms with E-state index in [1.165, 1.54) is 14.0 Å². The summed E-state index contributed by atoms with van der Waals surface area (Å²) in [6.07, 6.45) is 2.57. The lowest BCUT2D eigenvalue weighted by molar-refractivity contribution is -0.159. The molecule has 0 aliphatic heterocycles. The lowest BCUT2D eigenvalue weighted by Crippen LogP contribution is -2.39. The molecule has 30 heavy (non-hydrogen) atoms. The highest BCUT2D eigenvalue weighted by Gasteiger charge is 2.33. The van der Waals surface area contributed by atoms with E-state index < -0.39 is 11.6 Å². The second-order valence-corrected chi connectivity index (χ2v) is 7.08. The van der Waals surface area contributed by atoms with Gasteiger partial charge in [-0.05, 0) is 42.3 Å². The Labute approximate surface area is 176 Å². The van der Waals surface area contributed by atoms with Gasteiger partial charge in [-0.1, -0.05) is 36.4 Å². The standard InChI is InChI=1S/C24H25NO5/c1-24(28-2,23(26)27)16-19-10-13-22(25-17-19)29-15-14-18-8-11-21(12-9-18)30-20-6-4-3-5-7-20/h3-13,17H,14-16H2,1-2H3,(H,26,27). The van der Waals surface area contributed by atoms with Crippen LogP contribution in [0.2, 0.25) is 0 Å². The fourth-order valence-electron chi connectivity index (χ4n) is 2.85. The summed E-state index contributed by atoms with van der Waals surface area (Å²) in [5, 5.41) is 9.29. The summed E-state index contributed by atoms with van der Waals surface area (Å²) in [5.41, 5.74) is 0.618. The number of carbonyl (C=O) groups is 1. The summed E-state index contributed by atoms with van der Waals surface area (Å²) < 4.78 is 16.6. The van der Waals surface area contributed by atoms with Crippen LogP contribution in [0.4, 0.5) is 0 Å². The molecule has 3 rings (SSSR count). The first-order valence-electron chi connectivity index (χ1n) is 9.67. The van der Waals surface area contributed by atoms with Crippen LogP contribution in [0, 0.1) is 0 Å². The van der Waals surface area contributed by atoms with E-state index in [-0.39, 0.29) is 6.42 Å². The third kappa shape index (κ3) is 5.81. The van der Waals surface area contributed by atoms with Crippen LogP contribution in [-0.4, -0.2) is 35.4 Å². The molecule has 0 fully saturated rings. The molecule has 1 heterocycles. The van der Waals surface area contributed by atoms with E-state index >= 15 is 0 Å². The minimum atomic E-state index is -1.28. The monoisotopic (exact) mass is 407 g/mol. The van der Waals surface area contributed by atoms with Gasteiger partial charge in [0.1, 0.15) is 11.5 Å². The Kier molecular flexibility index (Phi) is 7.03. The number of pyridine rings is 1. The zero-order valence-corrected chi connectivity index (χ0v) is 17.1. The lowest BCUT2D eigenvalue weighted by atomic mass is 9.97. The zero-order valence-electron chi connectivity index (χ0n) is 17.1. The van der Waals surface area contributed by atoms with Crippen LogP contribution in [0.25, 0.3) is 0 Å². The molecule has 6 nitrogen and oxygen atoms in total. The summed E-state index contributed by atoms with van der Waals surface area (Å²) in [6.45, 7) is 2.02. The van der Waals surface area contributed by atoms with E-state index in [2.05, 4.69) is 4.98 Å². The highest BCUT2D eigenvalue weighted by atomic mass is 16.5. The number of hydrogen-bond donors (Lipinski definition) is 1. The van der Waals surface area contributed by atoms with Gasteiger partial charge in [0.15, 0.2) is 5.60 Å². The van der Waals surface area contributed by atoms with Gasteiger partial charge < -0.3 is 19.3 Å². The van der Waals surface area contributed by atoms with Crippen molar-refractivity contribution in [2.75, 3.05) is 13.7 Å². The smallest absolute Gasteiger partial charge is 0.336 e. The van der Waals surface area contributed by atoms with Crippen molar-refractivity contribution in [3.63, 3.8) is 0 Å². The topological polar surface area (TPSA) is 77.9 Å². The molecule has 0 aliphatic rings. The molecule has 1 aromatic heterocycles. The third-order valence-electron chi connectivity index (χ3n) is 4.78. The van der Waals surface area contributed by atoms with E-state index in [4.69, 9.17) is 14.2 Å². The van der Waals surface area contributed by atoms with Crippen molar-refractivity contribution in [2.45, 2.75) is 25.4 Å². The quantitative estimate of drug-likeness (QED) is 0.532. The molecule has 3 aromatic rings. The molecule has 6 heteroatoms. The predicted octanol–water partition coefficient (Wildman–Crippen LogP) is 4.53. The van der Waals surface area contributed by atoms with Crippen LogP contribution in [0.1, 0.15) is 18.1 Å². The molecule has 0 saturated heterocycles. The Morgan fingerprint density at radius 2 is 1.63 bits per heavy atom. The maximum absolute atomic E-state index is 11.3. The fourth-order valence-corrected chi connectivity index (χ4v) is 2.85. The number of aromatic nitrogens is 1. The van der Waals surface area contributed by atoms with E-state index in [0.717, 1.165) is 29.0 Å². The Morgan fingerprint density at radius 3 is 2.23 bits per heavy atom. The summed E-state index contributed by atoms with van der Waals surface area (Å²) in [4.78, 5) is 15.6. The third-order valence-corrected chi connectivity index (χ3v) is 4.78. The Bertz CT molecular complexity index is 942. The predicted molar refractivity (Wildman–Crippen MR) is 113 cm³/mol. The molecule has 1 unspecified atom stereocenters. The van der Waals surface area contributed by atoms with E-state index in [9.17, 15) is 9.90 Å². The average molecular weight is 407 g/mol. The number of carboxylic acid groups (broad SMARTS) is 1. The van der Waals surface area contributed by atoms with Crippen LogP contribution in [0.5, 0.6) is 17.4 Å². The maximum Gasteiger partial charge on any atom is 0.336 e. The molecule has 0 spiro atoms. The lowest BCUT2D eigenvalue weighted by Gasteiger charge is -2.22. The molecule has 1 atom stereocenters. The highest BCUT2D eigenvalue weighted by Crippen LogP contribution is 2.22. The molecule has 0 amide bonds. The van der Waals surface area contributed by atoms with Crippen LogP contribution in [0.3, 0.4) is 0 Å². The largest absolute Gasteiger partial charge is 0.479 e. The van der Waals surface area contributed by atoms with Crippen LogP contribution < -0.4 is 9.47 Å². The molecular weight excluding hydrogens is 382 g/mol. The molecule has 0 bridgehead atoms. The molecule has 156 valence electrons. The van der Waals surface area contributed by atoms with E-state index in [0.29, 0.717) is 12.5 Å². The average Bonchev–Trinajstić information content (AvgIpc) is 2.77. The highest BCUT2D eigenvalue weighted by molar-refractivity contribution is 5.77. The van der Waals surface area contributed by atoms with Crippen molar-refractivity contribution < 1.29 is 24.1 Å². The first-order chi connectivity index (χ1) is 14.5. The second-order valence-electron chi connectivity index (χ2n) is 7.08. The van der Waals surface area contributed by atoms with Gasteiger partial charge in [-0.25, -0.2) is 9.78 Å². The molecule has 1 N–H and O–H groups in total. The van der Waals surface area contributed by atoms with Gasteiger partial charge in [0.2, 0.25) is 5.88 Å². The van der Waals surface area contributed by atoms with Gasteiger partial charge in [-0.3, -0.25) is 0 Å². The molecule has 0 radical (unpaired) electrons. The number of aliphatic carboxylic acids is 1. The van der Waals surface area contributed by atoms with E-state index in [1.807, 2.05) is 54.6 Å². The van der Waals surface area contributed by atoms with Gasteiger partial charge in [0, 0.05) is 32.2 Å². The number of benzene rings is 2. The first-order valence-corrected chi connectivity index (χ1v) is 9.67. The van der Waals surface area contributed by atoms with Crippen molar-refractivity contribution in [3.8, 4) is 17.4 Å². The number of rotatable bonds is 10. The van der Waals surface area contributed by atoms with Crippen LogP contribution >= 0.6 is 0 Å². The number of carboxylic acids is 1. The Morgan fingerprint density at radius 1 is 0.967 bits per heavy atom. The molecule has 0 saturated carbocycles. The normalized spacial score (nSPS) is 12.7. The van der Waals surface area contributed by atoms with Crippen molar-refractivity contribution in [2.24, 2.45) is 0 Å². The van der Waals surface area contributed by atoms with Gasteiger partial charge in [-0.2, -0.15) is 0 Å². The zero-order chi connectivity index (χ0) is 21.4. The maximum atomic E-state index is 11.3. The number of nitrogens with zero attached hydrogens (tertiary/aromatic N) is 1. The van der Waals surface area contributed by atoms with Gasteiger partial charge in [0.05, 0.1) is 6.61 Å². The fraction of sp³-hybridized carbons (Fsp3) is 0.250. The summed E-state index contributed by atoms with van der Waals surface area (Å²) in [5.74, 6) is 1.08. The summed E-state index contributed by atoms with van der Waals surface area (Å²) in [7, 11) is 1.39. The van der Waals surface area contributed by atoms with Gasteiger partial charge >= 0.3 is 5.97 Å². The van der Waals surface area contributed by atoms with Crippen molar-refractivity contribution in [3.05, 3.63) is 84.1 Å². The first kappa shape index (κ1) is 21.3. The minimum absolute atomic E-state index is 0.226. The van der Waals surface area contributed by atoms with Crippen LogP contribution in [-0.2, 0) is 22.4 Å². The molecule has 2 aromatic carbocycles. The molecular formula is C24H25NO5. The number of hydrogen-bond acceptors (Lipinski definition) is 5. The second kappa shape index (κ2) is 9.89. The Balaban J connectivity index is 1.47. The SMILES string of the molecule is COC(C)(Cc1ccc(OCCc2ccc(Oc3ccccc3)cc2)nc1)C(=O)O. The van der Waals surface area contributed by atoms with Crippen molar-refractivity contribution in [1.82, 2.24) is 4.98 Å². The van der Waals surface area contributed by atoms with Crippen molar-refractivity contribution >= 4 is 5.97 Å². The van der Waals surface area contributed by atoms with Gasteiger partial charge in [-0.15, -0.1) is 0 Å². The number of methoxy groups -OCH3 is 1. The van der Waals surface area contributed by atoms with Crippen LogP contribution in [0.15, 0.2) is 72.9 Å². The van der Waals surface area contributed by atoms with Gasteiger partial charge in [0.25, 0.3) is 0 Å².